The summed E-state index contributed by atoms with van der Waals surface area (Å²) in [7, 11) is 1.54. The highest BCUT2D eigenvalue weighted by Crippen LogP contribution is 2.24. The first-order chi connectivity index (χ1) is 9.71. The molecule has 0 aliphatic heterocycles. The standard InChI is InChI=1S/C15H22N2O4/c1-15(2,3)21-14(19)17-12-9-11(20-4)7-5-10(12)6-8-13(16)18/h5,7,9H,6,8H2,1-4H3,(H2,16,18)(H,17,19). The van der Waals surface area contributed by atoms with E-state index in [1.165, 1.54) is 7.11 Å². The van der Waals surface area contributed by atoms with Crippen LogP contribution < -0.4 is 15.8 Å². The molecule has 2 amide bonds. The van der Waals surface area contributed by atoms with Gasteiger partial charge in [0.2, 0.25) is 5.91 Å². The minimum atomic E-state index is -0.587. The van der Waals surface area contributed by atoms with Crippen molar-refractivity contribution in [2.75, 3.05) is 12.4 Å². The van der Waals surface area contributed by atoms with Crippen LogP contribution in [0.4, 0.5) is 10.5 Å². The summed E-state index contributed by atoms with van der Waals surface area (Å²) in [4.78, 5) is 22.8. The minimum absolute atomic E-state index is 0.204. The zero-order chi connectivity index (χ0) is 16.0. The van der Waals surface area contributed by atoms with Crippen LogP contribution in [-0.2, 0) is 16.0 Å². The van der Waals surface area contributed by atoms with Crippen molar-refractivity contribution in [2.24, 2.45) is 5.73 Å². The first-order valence-corrected chi connectivity index (χ1v) is 6.66. The zero-order valence-corrected chi connectivity index (χ0v) is 12.9. The predicted molar refractivity (Wildman–Crippen MR) is 80.4 cm³/mol. The summed E-state index contributed by atoms with van der Waals surface area (Å²) in [6.45, 7) is 5.35. The molecule has 0 heterocycles. The van der Waals surface area contributed by atoms with Crippen molar-refractivity contribution in [3.05, 3.63) is 23.8 Å². The average Bonchev–Trinajstić information content (AvgIpc) is 2.34. The van der Waals surface area contributed by atoms with E-state index in [2.05, 4.69) is 5.32 Å². The number of primary amides is 1. The van der Waals surface area contributed by atoms with E-state index in [9.17, 15) is 9.59 Å². The first kappa shape index (κ1) is 16.8. The quantitative estimate of drug-likeness (QED) is 0.872. The number of carbonyl (C=O) groups is 2. The lowest BCUT2D eigenvalue weighted by molar-refractivity contribution is -0.117. The predicted octanol–water partition coefficient (Wildman–Crippen LogP) is 2.46. The number of nitrogens with two attached hydrogens (primary N) is 1. The summed E-state index contributed by atoms with van der Waals surface area (Å²) in [6.07, 6.45) is 0.0795. The summed E-state index contributed by atoms with van der Waals surface area (Å²) in [5.74, 6) is 0.206. The van der Waals surface area contributed by atoms with E-state index in [0.717, 1.165) is 5.56 Å². The third-order valence-corrected chi connectivity index (χ3v) is 2.59. The van der Waals surface area contributed by atoms with E-state index < -0.39 is 17.6 Å². The van der Waals surface area contributed by atoms with Crippen LogP contribution >= 0.6 is 0 Å². The van der Waals surface area contributed by atoms with Crippen LogP contribution in [0.1, 0.15) is 32.8 Å². The highest BCUT2D eigenvalue weighted by Gasteiger charge is 2.17. The molecule has 0 fully saturated rings. The molecule has 116 valence electrons. The fourth-order valence-corrected chi connectivity index (χ4v) is 1.69. The van der Waals surface area contributed by atoms with E-state index in [1.807, 2.05) is 0 Å². The molecule has 1 aromatic rings. The maximum Gasteiger partial charge on any atom is 0.412 e. The van der Waals surface area contributed by atoms with Crippen molar-refractivity contribution < 1.29 is 19.1 Å². The van der Waals surface area contributed by atoms with Gasteiger partial charge in [0, 0.05) is 12.5 Å². The van der Waals surface area contributed by atoms with Gasteiger partial charge in [-0.15, -0.1) is 0 Å². The number of hydrogen-bond donors (Lipinski definition) is 2. The second-order valence-electron chi connectivity index (χ2n) is 5.62. The number of ether oxygens (including phenoxy) is 2. The topological polar surface area (TPSA) is 90.6 Å². The molecule has 6 nitrogen and oxygen atoms in total. The molecule has 0 spiro atoms. The molecule has 21 heavy (non-hydrogen) atoms. The van der Waals surface area contributed by atoms with Gasteiger partial charge in [0.1, 0.15) is 11.4 Å². The smallest absolute Gasteiger partial charge is 0.412 e. The van der Waals surface area contributed by atoms with E-state index in [-0.39, 0.29) is 6.42 Å². The fourth-order valence-electron chi connectivity index (χ4n) is 1.69. The molecule has 0 aliphatic carbocycles. The van der Waals surface area contributed by atoms with Gasteiger partial charge in [0.25, 0.3) is 0 Å². The lowest BCUT2D eigenvalue weighted by Gasteiger charge is -2.20. The van der Waals surface area contributed by atoms with Crippen LogP contribution in [0.25, 0.3) is 0 Å². The summed E-state index contributed by atoms with van der Waals surface area (Å²) >= 11 is 0. The van der Waals surface area contributed by atoms with Crippen LogP contribution in [0.2, 0.25) is 0 Å². The number of anilines is 1. The van der Waals surface area contributed by atoms with Crippen LogP contribution in [-0.4, -0.2) is 24.7 Å². The molecule has 0 atom stereocenters. The highest BCUT2D eigenvalue weighted by molar-refractivity contribution is 5.86. The Morgan fingerprint density at radius 1 is 1.29 bits per heavy atom. The zero-order valence-electron chi connectivity index (χ0n) is 12.9. The summed E-state index contributed by atoms with van der Waals surface area (Å²) in [5, 5.41) is 2.67. The molecule has 0 saturated carbocycles. The van der Waals surface area contributed by atoms with E-state index in [1.54, 1.807) is 39.0 Å². The van der Waals surface area contributed by atoms with Crippen molar-refractivity contribution in [3.8, 4) is 5.75 Å². The van der Waals surface area contributed by atoms with Crippen molar-refractivity contribution in [2.45, 2.75) is 39.2 Å². The molecule has 0 radical (unpaired) electrons. The minimum Gasteiger partial charge on any atom is -0.497 e. The second-order valence-corrected chi connectivity index (χ2v) is 5.62. The van der Waals surface area contributed by atoms with Gasteiger partial charge in [-0.25, -0.2) is 4.79 Å². The van der Waals surface area contributed by atoms with Crippen LogP contribution in [0.3, 0.4) is 0 Å². The monoisotopic (exact) mass is 294 g/mol. The maximum absolute atomic E-state index is 11.9. The average molecular weight is 294 g/mol. The van der Waals surface area contributed by atoms with Crippen molar-refractivity contribution >= 4 is 17.7 Å². The highest BCUT2D eigenvalue weighted by atomic mass is 16.6. The van der Waals surface area contributed by atoms with Crippen molar-refractivity contribution in [1.29, 1.82) is 0 Å². The number of nitrogens with one attached hydrogen (secondary N) is 1. The van der Waals surface area contributed by atoms with Gasteiger partial charge in [0.05, 0.1) is 12.8 Å². The Labute approximate surface area is 124 Å². The largest absolute Gasteiger partial charge is 0.497 e. The van der Waals surface area contributed by atoms with E-state index >= 15 is 0 Å². The van der Waals surface area contributed by atoms with E-state index in [4.69, 9.17) is 15.2 Å². The number of carbonyl (C=O) groups excluding carboxylic acids is 2. The number of methoxy groups -OCH3 is 1. The first-order valence-electron chi connectivity index (χ1n) is 6.66. The van der Waals surface area contributed by atoms with E-state index in [0.29, 0.717) is 17.9 Å². The maximum atomic E-state index is 11.9. The number of rotatable bonds is 5. The Morgan fingerprint density at radius 2 is 1.95 bits per heavy atom. The Bertz CT molecular complexity index is 521. The number of benzene rings is 1. The Balaban J connectivity index is 2.90. The molecule has 1 rings (SSSR count). The number of amides is 2. The lowest BCUT2D eigenvalue weighted by Crippen LogP contribution is -2.27. The molecule has 0 saturated heterocycles. The molecular formula is C15H22N2O4. The molecule has 0 unspecified atom stereocenters. The Kier molecular flexibility index (Phi) is 5.58. The second kappa shape index (κ2) is 6.97. The van der Waals surface area contributed by atoms with Gasteiger partial charge in [-0.2, -0.15) is 0 Å². The lowest BCUT2D eigenvalue weighted by atomic mass is 10.1. The molecule has 1 aromatic carbocycles. The van der Waals surface area contributed by atoms with Gasteiger partial charge >= 0.3 is 6.09 Å². The van der Waals surface area contributed by atoms with Crippen LogP contribution in [0.15, 0.2) is 18.2 Å². The summed E-state index contributed by atoms with van der Waals surface area (Å²) < 4.78 is 10.3. The fraction of sp³-hybridized carbons (Fsp3) is 0.467. The number of hydrogen-bond acceptors (Lipinski definition) is 4. The van der Waals surface area contributed by atoms with Gasteiger partial charge < -0.3 is 15.2 Å². The molecule has 0 aromatic heterocycles. The summed E-state index contributed by atoms with van der Waals surface area (Å²) in [6, 6.07) is 5.23. The van der Waals surface area contributed by atoms with Crippen LogP contribution in [0, 0.1) is 0 Å². The Morgan fingerprint density at radius 3 is 2.48 bits per heavy atom. The summed E-state index contributed by atoms with van der Waals surface area (Å²) in [5.41, 5.74) is 5.91. The van der Waals surface area contributed by atoms with Crippen LogP contribution in [0.5, 0.6) is 5.75 Å². The molecule has 6 heteroatoms. The SMILES string of the molecule is COc1ccc(CCC(N)=O)c(NC(=O)OC(C)(C)C)c1. The van der Waals surface area contributed by atoms with Gasteiger partial charge in [-0.05, 0) is 38.8 Å². The number of aryl methyl sites for hydroxylation is 1. The molecule has 0 aliphatic rings. The van der Waals surface area contributed by atoms with Gasteiger partial charge in [-0.1, -0.05) is 6.07 Å². The third-order valence-electron chi connectivity index (χ3n) is 2.59. The molecular weight excluding hydrogens is 272 g/mol. The van der Waals surface area contributed by atoms with Crippen molar-refractivity contribution in [1.82, 2.24) is 0 Å². The third kappa shape index (κ3) is 6.16. The molecule has 3 N–H and O–H groups in total. The Hall–Kier alpha value is -2.24. The molecule has 0 bridgehead atoms. The van der Waals surface area contributed by atoms with Gasteiger partial charge in [-0.3, -0.25) is 10.1 Å². The normalized spacial score (nSPS) is 10.9. The van der Waals surface area contributed by atoms with Gasteiger partial charge in [0.15, 0.2) is 0 Å². The van der Waals surface area contributed by atoms with Crippen molar-refractivity contribution in [3.63, 3.8) is 0 Å².